The van der Waals surface area contributed by atoms with Crippen molar-refractivity contribution in [2.75, 3.05) is 11.9 Å². The molecule has 1 heterocycles. The van der Waals surface area contributed by atoms with Gasteiger partial charge in [-0.3, -0.25) is 4.79 Å². The maximum atomic E-state index is 12.0. The lowest BCUT2D eigenvalue weighted by molar-refractivity contribution is -0.119. The van der Waals surface area contributed by atoms with Crippen molar-refractivity contribution in [3.63, 3.8) is 0 Å². The lowest BCUT2D eigenvalue weighted by atomic mass is 10.2. The standard InChI is InChI=1S/C17H16BrNO3S/c1-10-5-6-13(12(18)7-10)19-16(20)9-22-17(21)15-8-11-3-2-4-14(11)23-15/h5-8H,2-4,9H2,1H3,(H,19,20). The Hall–Kier alpha value is -1.66. The number of aryl methyl sites for hydroxylation is 3. The van der Waals surface area contributed by atoms with E-state index in [-0.39, 0.29) is 12.5 Å². The highest BCUT2D eigenvalue weighted by atomic mass is 79.9. The van der Waals surface area contributed by atoms with Crippen molar-refractivity contribution in [3.8, 4) is 0 Å². The molecule has 1 aromatic heterocycles. The Kier molecular flexibility index (Phi) is 4.82. The highest BCUT2D eigenvalue weighted by Crippen LogP contribution is 2.31. The average Bonchev–Trinajstić information content (AvgIpc) is 3.09. The summed E-state index contributed by atoms with van der Waals surface area (Å²) in [6, 6.07) is 7.52. The van der Waals surface area contributed by atoms with Gasteiger partial charge >= 0.3 is 5.97 Å². The molecule has 1 N–H and O–H groups in total. The highest BCUT2D eigenvalue weighted by molar-refractivity contribution is 9.10. The predicted octanol–water partition coefficient (Wildman–Crippen LogP) is 4.10. The molecule has 3 rings (SSSR count). The minimum atomic E-state index is -0.428. The molecule has 1 aliphatic carbocycles. The fourth-order valence-corrected chi connectivity index (χ4v) is 4.28. The van der Waals surface area contributed by atoms with E-state index in [0.29, 0.717) is 10.6 Å². The molecule has 23 heavy (non-hydrogen) atoms. The van der Waals surface area contributed by atoms with Crippen LogP contribution in [0.2, 0.25) is 0 Å². The molecule has 0 saturated carbocycles. The Bertz CT molecular complexity index is 748. The number of fused-ring (bicyclic) bond motifs is 1. The lowest BCUT2D eigenvalue weighted by Crippen LogP contribution is -2.20. The summed E-state index contributed by atoms with van der Waals surface area (Å²) < 4.78 is 5.90. The van der Waals surface area contributed by atoms with Crippen molar-refractivity contribution in [1.82, 2.24) is 0 Å². The van der Waals surface area contributed by atoms with Crippen LogP contribution in [-0.4, -0.2) is 18.5 Å². The van der Waals surface area contributed by atoms with Crippen LogP contribution in [0.15, 0.2) is 28.7 Å². The Labute approximate surface area is 147 Å². The molecule has 0 bridgehead atoms. The van der Waals surface area contributed by atoms with Gasteiger partial charge in [0.2, 0.25) is 0 Å². The molecule has 2 aromatic rings. The van der Waals surface area contributed by atoms with E-state index in [9.17, 15) is 9.59 Å². The van der Waals surface area contributed by atoms with E-state index in [1.165, 1.54) is 21.8 Å². The van der Waals surface area contributed by atoms with Gasteiger partial charge in [-0.25, -0.2) is 4.79 Å². The quantitative estimate of drug-likeness (QED) is 0.795. The number of halogens is 1. The lowest BCUT2D eigenvalue weighted by Gasteiger charge is -2.08. The van der Waals surface area contributed by atoms with Gasteiger partial charge in [0.15, 0.2) is 6.61 Å². The van der Waals surface area contributed by atoms with E-state index in [2.05, 4.69) is 21.2 Å². The third-order valence-corrected chi connectivity index (χ3v) is 5.55. The number of benzene rings is 1. The van der Waals surface area contributed by atoms with Gasteiger partial charge in [0.1, 0.15) is 4.88 Å². The Morgan fingerprint density at radius 1 is 1.30 bits per heavy atom. The van der Waals surface area contributed by atoms with E-state index < -0.39 is 5.97 Å². The zero-order chi connectivity index (χ0) is 16.4. The van der Waals surface area contributed by atoms with Crippen LogP contribution < -0.4 is 5.32 Å². The van der Waals surface area contributed by atoms with Gasteiger partial charge in [-0.15, -0.1) is 11.3 Å². The molecule has 0 radical (unpaired) electrons. The number of amides is 1. The number of ether oxygens (including phenoxy) is 1. The summed E-state index contributed by atoms with van der Waals surface area (Å²) in [4.78, 5) is 25.8. The third kappa shape index (κ3) is 3.82. The van der Waals surface area contributed by atoms with Crippen molar-refractivity contribution < 1.29 is 14.3 Å². The van der Waals surface area contributed by atoms with Crippen molar-refractivity contribution in [2.45, 2.75) is 26.2 Å². The molecule has 1 aliphatic rings. The number of hydrogen-bond acceptors (Lipinski definition) is 4. The summed E-state index contributed by atoms with van der Waals surface area (Å²) in [7, 11) is 0. The first-order valence-corrected chi connectivity index (χ1v) is 8.98. The smallest absolute Gasteiger partial charge is 0.348 e. The van der Waals surface area contributed by atoms with Gasteiger partial charge in [0, 0.05) is 9.35 Å². The summed E-state index contributed by atoms with van der Waals surface area (Å²) in [6.45, 7) is 1.68. The second-order valence-electron chi connectivity index (χ2n) is 5.52. The fourth-order valence-electron chi connectivity index (χ4n) is 2.54. The fraction of sp³-hybridized carbons (Fsp3) is 0.294. The molecule has 0 atom stereocenters. The minimum Gasteiger partial charge on any atom is -0.451 e. The molecule has 0 unspecified atom stereocenters. The van der Waals surface area contributed by atoms with E-state index >= 15 is 0 Å². The minimum absolute atomic E-state index is 0.290. The number of rotatable bonds is 4. The van der Waals surface area contributed by atoms with Crippen LogP contribution in [0.4, 0.5) is 5.69 Å². The molecule has 4 nitrogen and oxygen atoms in total. The summed E-state index contributed by atoms with van der Waals surface area (Å²) in [5.41, 5.74) is 2.99. The van der Waals surface area contributed by atoms with Gasteiger partial charge in [-0.1, -0.05) is 6.07 Å². The predicted molar refractivity (Wildman–Crippen MR) is 94.1 cm³/mol. The summed E-state index contributed by atoms with van der Waals surface area (Å²) in [5, 5.41) is 2.72. The van der Waals surface area contributed by atoms with Gasteiger partial charge in [-0.05, 0) is 71.4 Å². The van der Waals surface area contributed by atoms with Crippen LogP contribution in [0.5, 0.6) is 0 Å². The first-order valence-electron chi connectivity index (χ1n) is 7.37. The van der Waals surface area contributed by atoms with E-state index in [0.717, 1.165) is 29.3 Å². The largest absolute Gasteiger partial charge is 0.451 e. The molecule has 0 fully saturated rings. The number of thiophene rings is 1. The van der Waals surface area contributed by atoms with Gasteiger partial charge in [0.25, 0.3) is 5.91 Å². The normalized spacial score (nSPS) is 12.8. The van der Waals surface area contributed by atoms with Crippen molar-refractivity contribution >= 4 is 44.8 Å². The van der Waals surface area contributed by atoms with Crippen LogP contribution >= 0.6 is 27.3 Å². The van der Waals surface area contributed by atoms with Gasteiger partial charge in [0.05, 0.1) is 5.69 Å². The van der Waals surface area contributed by atoms with Crippen molar-refractivity contribution in [3.05, 3.63) is 49.6 Å². The number of esters is 1. The van der Waals surface area contributed by atoms with Crippen LogP contribution in [-0.2, 0) is 22.4 Å². The number of carbonyl (C=O) groups excluding carboxylic acids is 2. The van der Waals surface area contributed by atoms with Crippen LogP contribution in [0, 0.1) is 6.92 Å². The zero-order valence-corrected chi connectivity index (χ0v) is 15.1. The maximum absolute atomic E-state index is 12.0. The molecule has 1 amide bonds. The molecule has 0 saturated heterocycles. The number of nitrogens with one attached hydrogen (secondary N) is 1. The number of anilines is 1. The first-order chi connectivity index (χ1) is 11.0. The average molecular weight is 394 g/mol. The van der Waals surface area contributed by atoms with Gasteiger partial charge < -0.3 is 10.1 Å². The van der Waals surface area contributed by atoms with E-state index in [1.54, 1.807) is 0 Å². The third-order valence-electron chi connectivity index (χ3n) is 3.68. The molecule has 6 heteroatoms. The van der Waals surface area contributed by atoms with E-state index in [1.807, 2.05) is 31.2 Å². The number of carbonyl (C=O) groups is 2. The molecule has 0 aliphatic heterocycles. The first kappa shape index (κ1) is 16.2. The zero-order valence-electron chi connectivity index (χ0n) is 12.6. The topological polar surface area (TPSA) is 55.4 Å². The summed E-state index contributed by atoms with van der Waals surface area (Å²) in [5.74, 6) is -0.783. The van der Waals surface area contributed by atoms with Crippen LogP contribution in [0.3, 0.4) is 0 Å². The van der Waals surface area contributed by atoms with Crippen LogP contribution in [0.25, 0.3) is 0 Å². The van der Waals surface area contributed by atoms with Crippen molar-refractivity contribution in [2.24, 2.45) is 0 Å². The molecule has 120 valence electrons. The van der Waals surface area contributed by atoms with Crippen molar-refractivity contribution in [1.29, 1.82) is 0 Å². The second kappa shape index (κ2) is 6.84. The Balaban J connectivity index is 1.54. The molecular weight excluding hydrogens is 378 g/mol. The maximum Gasteiger partial charge on any atom is 0.348 e. The monoisotopic (exact) mass is 393 g/mol. The molecule has 1 aromatic carbocycles. The highest BCUT2D eigenvalue weighted by Gasteiger charge is 2.20. The molecular formula is C17H16BrNO3S. The van der Waals surface area contributed by atoms with E-state index in [4.69, 9.17) is 4.74 Å². The second-order valence-corrected chi connectivity index (χ2v) is 7.51. The molecule has 0 spiro atoms. The van der Waals surface area contributed by atoms with Gasteiger partial charge in [-0.2, -0.15) is 0 Å². The summed E-state index contributed by atoms with van der Waals surface area (Å²) >= 11 is 4.87. The number of hydrogen-bond donors (Lipinski definition) is 1. The Morgan fingerprint density at radius 3 is 2.87 bits per heavy atom. The SMILES string of the molecule is Cc1ccc(NC(=O)COC(=O)c2cc3c(s2)CCC3)c(Br)c1. The Morgan fingerprint density at radius 2 is 2.13 bits per heavy atom. The summed E-state index contributed by atoms with van der Waals surface area (Å²) in [6.07, 6.45) is 3.22. The van der Waals surface area contributed by atoms with Crippen LogP contribution in [0.1, 0.15) is 32.1 Å².